The molecule has 50 heavy (non-hydrogen) atoms. The van der Waals surface area contributed by atoms with Crippen molar-refractivity contribution in [2.75, 3.05) is 0 Å². The number of aryl methyl sites for hydroxylation is 2. The molecule has 3 heteroatoms. The zero-order chi connectivity index (χ0) is 34.2. The maximum absolute atomic E-state index is 2.99. The van der Waals surface area contributed by atoms with Gasteiger partial charge in [0.05, 0.1) is 0 Å². The normalized spacial score (nSPS) is 16.1. The Kier molecular flexibility index (Phi) is 12.9. The predicted molar refractivity (Wildman–Crippen MR) is 204 cm³/mol. The summed E-state index contributed by atoms with van der Waals surface area (Å²) in [6, 6.07) is 27.5. The SMILES string of the molecule is CC1=C[CH-]C(C)(C)c2cc3c(cc21)-c1cc2c(cc1C3)C(C)(C)CC=C2C.Cc1ccc([C](=[Zr+2])c2ccc(C)cc2)cc1.[C-]1=CC=CC1.[Cl-].[Cl-]. The Labute approximate surface area is 329 Å². The summed E-state index contributed by atoms with van der Waals surface area (Å²) in [6.45, 7) is 18.2. The van der Waals surface area contributed by atoms with Gasteiger partial charge in [-0.2, -0.15) is 11.6 Å². The first-order chi connectivity index (χ1) is 22.8. The molecule has 0 nitrogen and oxygen atoms in total. The van der Waals surface area contributed by atoms with Gasteiger partial charge in [0.2, 0.25) is 0 Å². The summed E-state index contributed by atoms with van der Waals surface area (Å²) < 4.78 is 1.42. The quantitative estimate of drug-likeness (QED) is 0.194. The summed E-state index contributed by atoms with van der Waals surface area (Å²) in [4.78, 5) is 0. The van der Waals surface area contributed by atoms with Crippen LogP contribution in [-0.4, -0.2) is 3.21 Å². The van der Waals surface area contributed by atoms with Crippen LogP contribution in [0, 0.1) is 26.3 Å². The van der Waals surface area contributed by atoms with Crippen LogP contribution in [-0.2, 0) is 41.5 Å². The molecule has 0 radical (unpaired) electrons. The second-order valence-electron chi connectivity index (χ2n) is 15.1. The van der Waals surface area contributed by atoms with Crippen molar-refractivity contribution in [2.45, 2.75) is 85.5 Å². The summed E-state index contributed by atoms with van der Waals surface area (Å²) in [6.07, 6.45) is 19.3. The standard InChI is InChI=1S/C27H29.C15H14.C5H5.2ClH.Zr/c1-16-7-9-26(3,4)24-12-18-11-19-13-25-21(17(2)8-10-27(25,5)6)15-23(19)22(18)14-20(16)24;1-12-3-7-14(8-4-12)11-15-9-5-13(2)6-10-15;1-2-4-5-3-1;;;/h7-9,12-15H,10-11H2,1-6H3;3-10H,1-2H3;1-3H,4H2;2*1H;/q-1;;-1;;;+2/p-2. The Hall–Kier alpha value is -2.96. The van der Waals surface area contributed by atoms with E-state index >= 15 is 0 Å². The van der Waals surface area contributed by atoms with E-state index in [0.29, 0.717) is 0 Å². The van der Waals surface area contributed by atoms with Crippen LogP contribution in [0.4, 0.5) is 0 Å². The van der Waals surface area contributed by atoms with Gasteiger partial charge >= 0.3 is 112 Å². The van der Waals surface area contributed by atoms with Crippen LogP contribution in [0.5, 0.6) is 0 Å². The van der Waals surface area contributed by atoms with Gasteiger partial charge in [0.15, 0.2) is 0 Å². The van der Waals surface area contributed by atoms with Crippen LogP contribution in [0.25, 0.3) is 22.3 Å². The molecule has 0 saturated heterocycles. The number of benzene rings is 4. The van der Waals surface area contributed by atoms with Crippen molar-refractivity contribution >= 4 is 14.4 Å². The third kappa shape index (κ3) is 8.39. The smallest absolute Gasteiger partial charge is 0.109 e. The van der Waals surface area contributed by atoms with Crippen LogP contribution in [0.15, 0.2) is 103 Å². The second-order valence-corrected chi connectivity index (χ2v) is 16.3. The molecule has 0 aliphatic heterocycles. The summed E-state index contributed by atoms with van der Waals surface area (Å²) in [5.41, 5.74) is 20.3. The Morgan fingerprint density at radius 3 is 1.68 bits per heavy atom. The predicted octanol–water partition coefficient (Wildman–Crippen LogP) is 5.97. The molecule has 0 amide bonds. The van der Waals surface area contributed by atoms with E-state index in [-0.39, 0.29) is 35.6 Å². The van der Waals surface area contributed by atoms with E-state index in [2.05, 4.69) is 159 Å². The molecular weight excluding hydrogens is 727 g/mol. The van der Waals surface area contributed by atoms with Crippen LogP contribution < -0.4 is 24.8 Å². The van der Waals surface area contributed by atoms with Crippen molar-refractivity contribution in [3.8, 4) is 11.1 Å². The van der Waals surface area contributed by atoms with Gasteiger partial charge in [-0.25, -0.2) is 24.6 Å². The Morgan fingerprint density at radius 1 is 0.680 bits per heavy atom. The minimum atomic E-state index is 0. The molecule has 4 aromatic rings. The van der Waals surface area contributed by atoms with Crippen molar-refractivity contribution < 1.29 is 49.0 Å². The maximum atomic E-state index is 2.99. The monoisotopic (exact) mass is 772 g/mol. The van der Waals surface area contributed by atoms with Crippen molar-refractivity contribution in [1.82, 2.24) is 0 Å². The molecular formula is C47H48Cl2Zr-2. The van der Waals surface area contributed by atoms with E-state index in [1.807, 2.05) is 12.2 Å². The van der Waals surface area contributed by atoms with Gasteiger partial charge in [0.25, 0.3) is 0 Å². The first kappa shape index (κ1) is 39.8. The summed E-state index contributed by atoms with van der Waals surface area (Å²) >= 11 is 1.46. The van der Waals surface area contributed by atoms with Crippen LogP contribution >= 0.6 is 0 Å². The Bertz CT molecular complexity index is 1850. The van der Waals surface area contributed by atoms with Crippen molar-refractivity contribution in [3.63, 3.8) is 0 Å². The zero-order valence-corrected chi connectivity index (χ0v) is 34.7. The van der Waals surface area contributed by atoms with Gasteiger partial charge in [-0.3, -0.25) is 6.08 Å². The number of rotatable bonds is 2. The van der Waals surface area contributed by atoms with E-state index in [1.54, 1.807) is 0 Å². The van der Waals surface area contributed by atoms with Crippen LogP contribution in [0.3, 0.4) is 0 Å². The average Bonchev–Trinajstić information content (AvgIpc) is 3.77. The minimum absolute atomic E-state index is 0. The molecule has 0 saturated carbocycles. The molecule has 0 spiro atoms. The molecule has 0 bridgehead atoms. The van der Waals surface area contributed by atoms with Gasteiger partial charge in [0.1, 0.15) is 0 Å². The van der Waals surface area contributed by atoms with Crippen molar-refractivity contribution in [2.24, 2.45) is 0 Å². The number of allylic oxidation sites excluding steroid dienone is 8. The van der Waals surface area contributed by atoms with Gasteiger partial charge in [-0.15, -0.1) is 18.9 Å². The van der Waals surface area contributed by atoms with E-state index in [9.17, 15) is 0 Å². The summed E-state index contributed by atoms with van der Waals surface area (Å²) in [5.74, 6) is 0. The van der Waals surface area contributed by atoms with Crippen LogP contribution in [0.1, 0.15) is 110 Å². The summed E-state index contributed by atoms with van der Waals surface area (Å²) in [5, 5.41) is 0. The molecule has 4 aromatic carbocycles. The van der Waals surface area contributed by atoms with Gasteiger partial charge in [-0.1, -0.05) is 62.9 Å². The minimum Gasteiger partial charge on any atom is -1.00 e. The third-order valence-electron chi connectivity index (χ3n) is 10.4. The van der Waals surface area contributed by atoms with Gasteiger partial charge in [-0.05, 0) is 70.2 Å². The molecule has 0 atom stereocenters. The number of hydrogen-bond acceptors (Lipinski definition) is 0. The number of halogens is 2. The van der Waals surface area contributed by atoms with Gasteiger partial charge < -0.3 is 24.8 Å². The molecule has 4 aliphatic carbocycles. The number of hydrogen-bond donors (Lipinski definition) is 0. The van der Waals surface area contributed by atoms with E-state index < -0.39 is 0 Å². The molecule has 0 fully saturated rings. The fraction of sp³-hybridized carbons (Fsp3) is 0.277. The van der Waals surface area contributed by atoms with E-state index in [4.69, 9.17) is 0 Å². The van der Waals surface area contributed by atoms with Crippen molar-refractivity contribution in [1.29, 1.82) is 0 Å². The van der Waals surface area contributed by atoms with E-state index in [1.165, 1.54) is 105 Å². The maximum Gasteiger partial charge on any atom is -0.109 e. The fourth-order valence-electron chi connectivity index (χ4n) is 7.12. The first-order valence-corrected chi connectivity index (χ1v) is 18.6. The Balaban J connectivity index is 0.000000208. The zero-order valence-electron chi connectivity index (χ0n) is 30.8. The topological polar surface area (TPSA) is 0 Å². The average molecular weight is 775 g/mol. The molecule has 0 heterocycles. The third-order valence-corrected chi connectivity index (χ3v) is 11.8. The molecule has 0 unspecified atom stereocenters. The molecule has 8 rings (SSSR count). The molecule has 0 N–H and O–H groups in total. The summed E-state index contributed by atoms with van der Waals surface area (Å²) in [7, 11) is 0. The number of fused-ring (bicyclic) bond motifs is 5. The van der Waals surface area contributed by atoms with E-state index in [0.717, 1.165) is 19.3 Å². The first-order valence-electron chi connectivity index (χ1n) is 17.3. The second kappa shape index (κ2) is 16.2. The molecule has 0 aromatic heterocycles. The van der Waals surface area contributed by atoms with Crippen molar-refractivity contribution in [3.05, 3.63) is 171 Å². The van der Waals surface area contributed by atoms with Gasteiger partial charge in [0, 0.05) is 0 Å². The van der Waals surface area contributed by atoms with Crippen LogP contribution in [0.2, 0.25) is 0 Å². The fourth-order valence-corrected chi connectivity index (χ4v) is 7.94. The molecule has 4 aliphatic rings. The largest absolute Gasteiger partial charge is 1.00 e. The molecule has 256 valence electrons. The Morgan fingerprint density at radius 2 is 1.20 bits per heavy atom.